The minimum Gasteiger partial charge on any atom is -0.447 e. The molecule has 2 fully saturated rings. The Balaban J connectivity index is 1.40. The fourth-order valence-electron chi connectivity index (χ4n) is 3.98. The Bertz CT molecular complexity index is 724. The fraction of sp³-hybridized carbons (Fsp3) is 0.565. The highest BCUT2D eigenvalue weighted by molar-refractivity contribution is 5.89. The van der Waals surface area contributed by atoms with Gasteiger partial charge in [-0.05, 0) is 55.9 Å². The van der Waals surface area contributed by atoms with Crippen molar-refractivity contribution < 1.29 is 14.3 Å². The number of unbranched alkanes of at least 4 members (excludes halogenated alkanes) is 1. The summed E-state index contributed by atoms with van der Waals surface area (Å²) in [5.74, 6) is 7.19. The van der Waals surface area contributed by atoms with Crippen LogP contribution in [-0.2, 0) is 9.53 Å². The molecule has 150 valence electrons. The van der Waals surface area contributed by atoms with Crippen molar-refractivity contribution in [1.29, 1.82) is 0 Å². The van der Waals surface area contributed by atoms with Gasteiger partial charge in [0.2, 0.25) is 5.91 Å². The minimum atomic E-state index is -0.305. The van der Waals surface area contributed by atoms with E-state index in [1.807, 2.05) is 24.3 Å². The second-order valence-electron chi connectivity index (χ2n) is 7.69. The lowest BCUT2D eigenvalue weighted by molar-refractivity contribution is -0.125. The molecule has 0 aromatic heterocycles. The molecule has 0 unspecified atom stereocenters. The Morgan fingerprint density at radius 3 is 2.61 bits per heavy atom. The van der Waals surface area contributed by atoms with Crippen LogP contribution in [0.3, 0.4) is 0 Å². The lowest BCUT2D eigenvalue weighted by Crippen LogP contribution is -2.33. The molecular weight excluding hydrogens is 352 g/mol. The summed E-state index contributed by atoms with van der Waals surface area (Å²) in [7, 11) is 0. The number of hydrogen-bond acceptors (Lipinski definition) is 3. The highest BCUT2D eigenvalue weighted by Crippen LogP contribution is 2.31. The van der Waals surface area contributed by atoms with Crippen molar-refractivity contribution >= 4 is 17.7 Å². The molecule has 1 aromatic rings. The first-order chi connectivity index (χ1) is 13.7. The summed E-state index contributed by atoms with van der Waals surface area (Å²) in [6.45, 7) is 3.61. The van der Waals surface area contributed by atoms with Crippen molar-refractivity contribution in [2.75, 3.05) is 24.6 Å². The van der Waals surface area contributed by atoms with Gasteiger partial charge < -0.3 is 10.1 Å². The number of cyclic esters (lactones) is 1. The maximum absolute atomic E-state index is 12.3. The highest BCUT2D eigenvalue weighted by atomic mass is 16.6. The lowest BCUT2D eigenvalue weighted by atomic mass is 9.79. The van der Waals surface area contributed by atoms with Crippen molar-refractivity contribution in [2.45, 2.75) is 51.9 Å². The molecule has 1 heterocycles. The van der Waals surface area contributed by atoms with Crippen LogP contribution in [0.25, 0.3) is 0 Å². The highest BCUT2D eigenvalue weighted by Gasteiger charge is 2.25. The Hall–Kier alpha value is -2.48. The molecule has 0 bridgehead atoms. The van der Waals surface area contributed by atoms with Gasteiger partial charge >= 0.3 is 6.09 Å². The van der Waals surface area contributed by atoms with Gasteiger partial charge in [-0.1, -0.05) is 38.0 Å². The fourth-order valence-corrected chi connectivity index (χ4v) is 3.98. The first-order valence-electron chi connectivity index (χ1n) is 10.5. The number of nitrogens with one attached hydrogen (secondary N) is 1. The zero-order chi connectivity index (χ0) is 19.8. The van der Waals surface area contributed by atoms with Crippen LogP contribution < -0.4 is 10.2 Å². The SMILES string of the molecule is CCCCC1CCC(C(=O)NCC#Cc2ccc(N3CCOC3=O)cc2)CC1. The van der Waals surface area contributed by atoms with Crippen LogP contribution in [0.5, 0.6) is 0 Å². The minimum absolute atomic E-state index is 0.145. The summed E-state index contributed by atoms with van der Waals surface area (Å²) < 4.78 is 4.94. The van der Waals surface area contributed by atoms with Crippen LogP contribution in [0.1, 0.15) is 57.4 Å². The second-order valence-corrected chi connectivity index (χ2v) is 7.69. The molecule has 5 heteroatoms. The quantitative estimate of drug-likeness (QED) is 0.754. The van der Waals surface area contributed by atoms with Crippen LogP contribution in [0.2, 0.25) is 0 Å². The van der Waals surface area contributed by atoms with Crippen molar-refractivity contribution in [3.05, 3.63) is 29.8 Å². The molecule has 0 radical (unpaired) electrons. The largest absolute Gasteiger partial charge is 0.447 e. The summed E-state index contributed by atoms with van der Waals surface area (Å²) >= 11 is 0. The average Bonchev–Trinajstić information content (AvgIpc) is 3.16. The molecule has 1 aliphatic heterocycles. The number of anilines is 1. The summed E-state index contributed by atoms with van der Waals surface area (Å²) in [4.78, 5) is 25.5. The van der Waals surface area contributed by atoms with Gasteiger partial charge in [0.1, 0.15) is 6.61 Å². The molecule has 28 heavy (non-hydrogen) atoms. The van der Waals surface area contributed by atoms with E-state index >= 15 is 0 Å². The molecule has 1 aliphatic carbocycles. The van der Waals surface area contributed by atoms with Crippen LogP contribution in [0, 0.1) is 23.7 Å². The number of hydrogen-bond donors (Lipinski definition) is 1. The van der Waals surface area contributed by atoms with Crippen LogP contribution >= 0.6 is 0 Å². The number of ether oxygens (including phenoxy) is 1. The van der Waals surface area contributed by atoms with E-state index in [0.29, 0.717) is 19.7 Å². The van der Waals surface area contributed by atoms with E-state index in [2.05, 4.69) is 24.1 Å². The number of benzene rings is 1. The molecular formula is C23H30N2O3. The predicted molar refractivity (Wildman–Crippen MR) is 110 cm³/mol. The Kier molecular flexibility index (Phi) is 7.36. The monoisotopic (exact) mass is 382 g/mol. The number of amides is 2. The summed E-state index contributed by atoms with van der Waals surface area (Å²) in [5.41, 5.74) is 1.68. The number of carbonyl (C=O) groups excluding carboxylic acids is 2. The molecule has 1 N–H and O–H groups in total. The first-order valence-corrected chi connectivity index (χ1v) is 10.5. The number of carbonyl (C=O) groups is 2. The molecule has 1 saturated carbocycles. The maximum Gasteiger partial charge on any atom is 0.414 e. The van der Waals surface area contributed by atoms with Crippen molar-refractivity contribution in [3.8, 4) is 11.8 Å². The van der Waals surface area contributed by atoms with Crippen LogP contribution in [0.15, 0.2) is 24.3 Å². The van der Waals surface area contributed by atoms with Gasteiger partial charge in [0.25, 0.3) is 0 Å². The van der Waals surface area contributed by atoms with Gasteiger partial charge in [0.05, 0.1) is 13.1 Å². The molecule has 0 spiro atoms. The third kappa shape index (κ3) is 5.51. The Morgan fingerprint density at radius 1 is 1.21 bits per heavy atom. The third-order valence-electron chi connectivity index (χ3n) is 5.71. The number of rotatable bonds is 6. The van der Waals surface area contributed by atoms with E-state index in [9.17, 15) is 9.59 Å². The molecule has 3 rings (SSSR count). The van der Waals surface area contributed by atoms with E-state index in [-0.39, 0.29) is 17.9 Å². The van der Waals surface area contributed by atoms with E-state index < -0.39 is 0 Å². The maximum atomic E-state index is 12.3. The molecule has 1 saturated heterocycles. The van der Waals surface area contributed by atoms with Gasteiger partial charge in [0.15, 0.2) is 0 Å². The lowest BCUT2D eigenvalue weighted by Gasteiger charge is -2.27. The second kappa shape index (κ2) is 10.2. The molecule has 5 nitrogen and oxygen atoms in total. The van der Waals surface area contributed by atoms with Gasteiger partial charge in [0, 0.05) is 17.2 Å². The van der Waals surface area contributed by atoms with Crippen molar-refractivity contribution in [3.63, 3.8) is 0 Å². The zero-order valence-electron chi connectivity index (χ0n) is 16.7. The zero-order valence-corrected chi connectivity index (χ0v) is 16.7. The average molecular weight is 383 g/mol. The topological polar surface area (TPSA) is 58.6 Å². The smallest absolute Gasteiger partial charge is 0.414 e. The first kappa shape index (κ1) is 20.3. The van der Waals surface area contributed by atoms with Crippen molar-refractivity contribution in [1.82, 2.24) is 5.32 Å². The summed E-state index contributed by atoms with van der Waals surface area (Å²) in [6, 6.07) is 7.50. The van der Waals surface area contributed by atoms with Gasteiger partial charge in [-0.15, -0.1) is 0 Å². The van der Waals surface area contributed by atoms with E-state index in [1.54, 1.807) is 4.90 Å². The normalized spacial score (nSPS) is 21.6. The standard InChI is InChI=1S/C23H30N2O3/c1-2-3-5-18-7-11-20(12-8-18)22(26)24-15-4-6-19-9-13-21(14-10-19)25-16-17-28-23(25)27/h9-10,13-14,18,20H,2-3,5,7-8,11-12,15-17H2,1H3,(H,24,26). The Labute approximate surface area is 167 Å². The van der Waals surface area contributed by atoms with E-state index in [0.717, 1.165) is 30.0 Å². The van der Waals surface area contributed by atoms with Gasteiger partial charge in [-0.2, -0.15) is 0 Å². The summed E-state index contributed by atoms with van der Waals surface area (Å²) in [6.07, 6.45) is 7.95. The molecule has 2 aliphatic rings. The third-order valence-corrected chi connectivity index (χ3v) is 5.71. The van der Waals surface area contributed by atoms with E-state index in [4.69, 9.17) is 4.74 Å². The van der Waals surface area contributed by atoms with Gasteiger partial charge in [-0.25, -0.2) is 4.79 Å². The van der Waals surface area contributed by atoms with Crippen LogP contribution in [-0.4, -0.2) is 31.7 Å². The predicted octanol–water partition coefficient (Wildman–Crippen LogP) is 4.11. The number of nitrogens with zero attached hydrogens (tertiary/aromatic N) is 1. The summed E-state index contributed by atoms with van der Waals surface area (Å²) in [5, 5.41) is 2.96. The van der Waals surface area contributed by atoms with Crippen LogP contribution in [0.4, 0.5) is 10.5 Å². The molecule has 0 atom stereocenters. The molecule has 1 aromatic carbocycles. The van der Waals surface area contributed by atoms with Crippen molar-refractivity contribution in [2.24, 2.45) is 11.8 Å². The van der Waals surface area contributed by atoms with Gasteiger partial charge in [-0.3, -0.25) is 9.69 Å². The van der Waals surface area contributed by atoms with E-state index in [1.165, 1.54) is 32.1 Å². The molecule has 2 amide bonds. The Morgan fingerprint density at radius 2 is 1.96 bits per heavy atom.